The van der Waals surface area contributed by atoms with Crippen LogP contribution in [-0.2, 0) is 13.0 Å². The molecule has 0 aliphatic heterocycles. The minimum atomic E-state index is -3.33. The van der Waals surface area contributed by atoms with Gasteiger partial charge in [0.15, 0.2) is 0 Å². The fraction of sp³-hybridized carbons (Fsp3) is 0.231. The lowest BCUT2D eigenvalue weighted by Gasteiger charge is -2.20. The van der Waals surface area contributed by atoms with Crippen molar-refractivity contribution in [1.29, 1.82) is 0 Å². The minimum absolute atomic E-state index is 0.121. The molecule has 8 nitrogen and oxygen atoms in total. The Morgan fingerprint density at radius 1 is 1.17 bits per heavy atom. The minimum Gasteiger partial charge on any atom is -0.390 e. The van der Waals surface area contributed by atoms with Crippen LogP contribution in [0.1, 0.15) is 29.9 Å². The van der Waals surface area contributed by atoms with Gasteiger partial charge in [-0.1, -0.05) is 18.2 Å². The highest BCUT2D eigenvalue weighted by Crippen LogP contribution is 2.36. The second-order valence-corrected chi connectivity index (χ2v) is 8.82. The second-order valence-electron chi connectivity index (χ2n) is 8.82. The molecule has 1 unspecified atom stereocenters. The number of pyridine rings is 1. The summed E-state index contributed by atoms with van der Waals surface area (Å²) in [5, 5.41) is 21.2. The van der Waals surface area contributed by atoms with E-state index in [1.54, 1.807) is 44.6 Å². The van der Waals surface area contributed by atoms with E-state index >= 15 is 0 Å². The van der Waals surface area contributed by atoms with Gasteiger partial charge in [-0.3, -0.25) is 9.89 Å². The Labute approximate surface area is 204 Å². The molecule has 3 heterocycles. The van der Waals surface area contributed by atoms with Gasteiger partial charge < -0.3 is 15.0 Å². The molecule has 184 valence electrons. The Morgan fingerprint density at radius 2 is 1.97 bits per heavy atom. The maximum absolute atomic E-state index is 14.1. The number of fused-ring (bicyclic) bond motifs is 3. The zero-order valence-corrected chi connectivity index (χ0v) is 19.9. The fourth-order valence-electron chi connectivity index (χ4n) is 4.32. The van der Waals surface area contributed by atoms with Crippen LogP contribution in [0.5, 0.6) is 0 Å². The molecule has 5 rings (SSSR count). The topological polar surface area (TPSA) is 109 Å². The molecule has 1 atom stereocenters. The zero-order valence-electron chi connectivity index (χ0n) is 19.9. The van der Waals surface area contributed by atoms with Crippen LogP contribution in [0.25, 0.3) is 32.9 Å². The molecule has 5 aromatic rings. The first kappa shape index (κ1) is 23.6. The van der Waals surface area contributed by atoms with E-state index < -0.39 is 12.5 Å². The average molecular weight is 491 g/mol. The lowest BCUT2D eigenvalue weighted by Crippen LogP contribution is -2.19. The number of rotatable bonds is 6. The summed E-state index contributed by atoms with van der Waals surface area (Å²) in [5.41, 5.74) is 3.34. The number of alkyl halides is 2. The summed E-state index contributed by atoms with van der Waals surface area (Å²) in [6, 6.07) is 10.8. The predicted octanol–water partition coefficient (Wildman–Crippen LogP) is 4.44. The maximum atomic E-state index is 14.1. The molecule has 0 bridgehead atoms. The summed E-state index contributed by atoms with van der Waals surface area (Å²) < 4.78 is 29.6. The lowest BCUT2D eigenvalue weighted by molar-refractivity contribution is -0.0556. The normalized spacial score (nSPS) is 12.8. The highest BCUT2D eigenvalue weighted by atomic mass is 19.3. The number of benzene rings is 2. The number of aliphatic hydroxyl groups is 1. The van der Waals surface area contributed by atoms with Crippen molar-refractivity contribution in [3.05, 3.63) is 82.2 Å². The summed E-state index contributed by atoms with van der Waals surface area (Å²) in [6.07, 6.45) is 3.45. The molecule has 0 saturated heterocycles. The molecule has 36 heavy (non-hydrogen) atoms. The molecule has 3 aromatic heterocycles. The third-order valence-electron chi connectivity index (χ3n) is 6.27. The summed E-state index contributed by atoms with van der Waals surface area (Å²) in [7, 11) is 1.69. The van der Waals surface area contributed by atoms with Gasteiger partial charge in [0, 0.05) is 52.8 Å². The summed E-state index contributed by atoms with van der Waals surface area (Å²) in [5.74, 6) is -2.25. The van der Waals surface area contributed by atoms with Crippen LogP contribution in [0.3, 0.4) is 0 Å². The molecule has 2 aromatic carbocycles. The number of aromatic amines is 1. The quantitative estimate of drug-likeness (QED) is 0.325. The van der Waals surface area contributed by atoms with Gasteiger partial charge in [0.25, 0.3) is 5.92 Å². The smallest absolute Gasteiger partial charge is 0.295 e. The van der Waals surface area contributed by atoms with Crippen molar-refractivity contribution < 1.29 is 13.9 Å². The van der Waals surface area contributed by atoms with E-state index in [1.165, 1.54) is 22.8 Å². The van der Waals surface area contributed by atoms with Gasteiger partial charge >= 0.3 is 0 Å². The van der Waals surface area contributed by atoms with Crippen molar-refractivity contribution >= 4 is 27.6 Å². The molecule has 0 aliphatic rings. The summed E-state index contributed by atoms with van der Waals surface area (Å²) in [6.45, 7) is 2.37. The Kier molecular flexibility index (Phi) is 5.76. The number of hydrogen-bond acceptors (Lipinski definition) is 6. The van der Waals surface area contributed by atoms with Gasteiger partial charge in [0.2, 0.25) is 5.56 Å². The van der Waals surface area contributed by atoms with E-state index in [9.17, 15) is 13.6 Å². The van der Waals surface area contributed by atoms with E-state index in [2.05, 4.69) is 25.5 Å². The van der Waals surface area contributed by atoms with Crippen LogP contribution in [0.4, 0.5) is 14.6 Å². The van der Waals surface area contributed by atoms with E-state index in [0.29, 0.717) is 22.7 Å². The zero-order chi connectivity index (χ0) is 25.6. The van der Waals surface area contributed by atoms with Gasteiger partial charge in [-0.15, -0.1) is 0 Å². The number of halogens is 2. The molecule has 0 radical (unpaired) electrons. The van der Waals surface area contributed by atoms with E-state index in [4.69, 9.17) is 5.11 Å². The summed E-state index contributed by atoms with van der Waals surface area (Å²) >= 11 is 0. The number of anilines is 1. The van der Waals surface area contributed by atoms with E-state index in [-0.39, 0.29) is 17.2 Å². The molecule has 0 fully saturated rings. The number of aryl methyl sites for hydroxylation is 2. The molecular formula is C26H24F2N6O2. The number of H-pyrrole nitrogens is 1. The van der Waals surface area contributed by atoms with Crippen LogP contribution in [0.2, 0.25) is 0 Å². The van der Waals surface area contributed by atoms with Gasteiger partial charge in [0.05, 0.1) is 17.2 Å². The monoisotopic (exact) mass is 490 g/mol. The number of nitrogens with one attached hydrogen (secondary N) is 2. The molecule has 0 saturated carbocycles. The Hall–Kier alpha value is -4.18. The standard InChI is InChI=1S/C26H24F2N6O2/c1-14(16-5-4-6-18(9-16)26(27,28)13-35)30-25-20-10-19(17-7-8-22(36)34(3)12-17)24-21(11-29-33-24)23(20)31-15(2)32-25/h4-12,14,35H,13H2,1-3H3,(H,29,33)(H,30,31,32). The first-order valence-electron chi connectivity index (χ1n) is 11.3. The molecule has 0 spiro atoms. The van der Waals surface area contributed by atoms with E-state index in [1.807, 2.05) is 13.0 Å². The van der Waals surface area contributed by atoms with Crippen molar-refractivity contribution in [3.8, 4) is 11.1 Å². The molecule has 10 heteroatoms. The third kappa shape index (κ3) is 4.09. The first-order chi connectivity index (χ1) is 17.2. The number of nitrogens with zero attached hydrogens (tertiary/aromatic N) is 4. The van der Waals surface area contributed by atoms with Crippen molar-refractivity contribution in [2.45, 2.75) is 25.8 Å². The molecular weight excluding hydrogens is 466 g/mol. The Bertz CT molecular complexity index is 1660. The number of aromatic nitrogens is 5. The van der Waals surface area contributed by atoms with Gasteiger partial charge in [-0.05, 0) is 37.6 Å². The highest BCUT2D eigenvalue weighted by molar-refractivity contribution is 6.13. The lowest BCUT2D eigenvalue weighted by atomic mass is 10.00. The van der Waals surface area contributed by atoms with Crippen LogP contribution in [-0.4, -0.2) is 36.4 Å². The maximum Gasteiger partial charge on any atom is 0.295 e. The van der Waals surface area contributed by atoms with Crippen molar-refractivity contribution in [2.75, 3.05) is 11.9 Å². The molecule has 3 N–H and O–H groups in total. The van der Waals surface area contributed by atoms with Crippen molar-refractivity contribution in [3.63, 3.8) is 0 Å². The Balaban J connectivity index is 1.64. The van der Waals surface area contributed by atoms with E-state index in [0.717, 1.165) is 27.4 Å². The number of hydrogen-bond donors (Lipinski definition) is 3. The predicted molar refractivity (Wildman–Crippen MR) is 134 cm³/mol. The van der Waals surface area contributed by atoms with Crippen molar-refractivity contribution in [2.24, 2.45) is 7.05 Å². The largest absolute Gasteiger partial charge is 0.390 e. The van der Waals surface area contributed by atoms with Gasteiger partial charge in [0.1, 0.15) is 18.2 Å². The fourth-order valence-corrected chi connectivity index (χ4v) is 4.32. The molecule has 0 amide bonds. The second kappa shape index (κ2) is 8.80. The Morgan fingerprint density at radius 3 is 2.72 bits per heavy atom. The summed E-state index contributed by atoms with van der Waals surface area (Å²) in [4.78, 5) is 21.2. The first-order valence-corrected chi connectivity index (χ1v) is 11.3. The average Bonchev–Trinajstić information content (AvgIpc) is 3.36. The SMILES string of the molecule is Cc1nc(NC(C)c2cccc(C(F)(F)CO)c2)c2cc(-c3ccc(=O)n(C)c3)c3[nH]ncc3c2n1. The highest BCUT2D eigenvalue weighted by Gasteiger charge is 2.30. The van der Waals surface area contributed by atoms with Gasteiger partial charge in [-0.25, -0.2) is 9.97 Å². The van der Waals surface area contributed by atoms with Gasteiger partial charge in [-0.2, -0.15) is 13.9 Å². The van der Waals surface area contributed by atoms with Crippen LogP contribution < -0.4 is 10.9 Å². The third-order valence-corrected chi connectivity index (χ3v) is 6.27. The van der Waals surface area contributed by atoms with Crippen molar-refractivity contribution in [1.82, 2.24) is 24.7 Å². The van der Waals surface area contributed by atoms with Crippen LogP contribution in [0, 0.1) is 6.92 Å². The van der Waals surface area contributed by atoms with Crippen LogP contribution in [0.15, 0.2) is 59.7 Å². The molecule has 0 aliphatic carbocycles. The van der Waals surface area contributed by atoms with Crippen LogP contribution >= 0.6 is 0 Å². The number of aliphatic hydroxyl groups excluding tert-OH is 1.